The van der Waals surface area contributed by atoms with E-state index in [0.29, 0.717) is 19.6 Å². The Morgan fingerprint density at radius 2 is 1.74 bits per heavy atom. The molecule has 2 atom stereocenters. The van der Waals surface area contributed by atoms with Crippen LogP contribution in [-0.2, 0) is 19.1 Å². The Balaban J connectivity index is 1.30. The molecule has 2 aliphatic heterocycles. The third-order valence-electron chi connectivity index (χ3n) is 7.16. The Kier molecular flexibility index (Phi) is 6.00. The summed E-state index contributed by atoms with van der Waals surface area (Å²) in [7, 11) is 0. The highest BCUT2D eigenvalue weighted by Gasteiger charge is 2.49. The van der Waals surface area contributed by atoms with Crippen molar-refractivity contribution >= 4 is 18.0 Å². The molecule has 2 amide bonds. The molecule has 2 N–H and O–H groups in total. The van der Waals surface area contributed by atoms with Gasteiger partial charge in [0.05, 0.1) is 6.61 Å². The fourth-order valence-corrected chi connectivity index (χ4v) is 5.42. The molecule has 0 bridgehead atoms. The van der Waals surface area contributed by atoms with Crippen LogP contribution in [0.3, 0.4) is 0 Å². The molecule has 2 saturated heterocycles. The average molecular weight is 465 g/mol. The zero-order chi connectivity index (χ0) is 23.7. The van der Waals surface area contributed by atoms with E-state index in [0.717, 1.165) is 35.1 Å². The van der Waals surface area contributed by atoms with Gasteiger partial charge in [0.2, 0.25) is 0 Å². The van der Waals surface area contributed by atoms with Crippen molar-refractivity contribution in [3.63, 3.8) is 0 Å². The van der Waals surface area contributed by atoms with Gasteiger partial charge >= 0.3 is 12.1 Å². The second kappa shape index (κ2) is 9.10. The number of hydrogen-bond acceptors (Lipinski definition) is 5. The van der Waals surface area contributed by atoms with Gasteiger partial charge in [-0.2, -0.15) is 0 Å². The van der Waals surface area contributed by atoms with Gasteiger partial charge in [-0.25, -0.2) is 9.59 Å². The first kappa shape index (κ1) is 22.4. The highest BCUT2D eigenvalue weighted by molar-refractivity contribution is 5.93. The van der Waals surface area contributed by atoms with Crippen LogP contribution in [-0.4, -0.2) is 65.9 Å². The van der Waals surface area contributed by atoms with Crippen LogP contribution >= 0.6 is 0 Å². The highest BCUT2D eigenvalue weighted by atomic mass is 16.6. The number of likely N-dealkylation sites (tertiary alicyclic amines) is 1. The maximum Gasteiger partial charge on any atom is 0.408 e. The summed E-state index contributed by atoms with van der Waals surface area (Å²) in [6.07, 6.45) is 1.47. The molecule has 0 aromatic heterocycles. The van der Waals surface area contributed by atoms with Gasteiger partial charge in [0, 0.05) is 25.5 Å². The Morgan fingerprint density at radius 1 is 1.06 bits per heavy atom. The third kappa shape index (κ3) is 3.92. The lowest BCUT2D eigenvalue weighted by Crippen LogP contribution is -2.63. The largest absolute Gasteiger partial charge is 0.480 e. The van der Waals surface area contributed by atoms with Crippen molar-refractivity contribution in [2.45, 2.75) is 43.2 Å². The number of amides is 2. The summed E-state index contributed by atoms with van der Waals surface area (Å²) in [5.41, 5.74) is 3.15. The van der Waals surface area contributed by atoms with Crippen LogP contribution < -0.4 is 5.32 Å². The van der Waals surface area contributed by atoms with Gasteiger partial charge in [-0.05, 0) is 41.5 Å². The van der Waals surface area contributed by atoms with Crippen molar-refractivity contribution in [1.29, 1.82) is 0 Å². The zero-order valence-corrected chi connectivity index (χ0v) is 18.9. The Bertz CT molecular complexity index is 1060. The van der Waals surface area contributed by atoms with E-state index in [9.17, 15) is 19.5 Å². The van der Waals surface area contributed by atoms with E-state index < -0.39 is 29.6 Å². The number of fused-ring (bicyclic) bond motifs is 3. The van der Waals surface area contributed by atoms with Crippen LogP contribution in [0.4, 0.5) is 4.79 Å². The van der Waals surface area contributed by atoms with E-state index >= 15 is 0 Å². The number of carboxylic acid groups (broad SMARTS) is 1. The Morgan fingerprint density at radius 3 is 2.35 bits per heavy atom. The topological polar surface area (TPSA) is 105 Å². The van der Waals surface area contributed by atoms with Crippen molar-refractivity contribution in [3.05, 3.63) is 59.7 Å². The lowest BCUT2D eigenvalue weighted by atomic mass is 9.93. The Hall–Kier alpha value is -3.39. The molecule has 1 unspecified atom stereocenters. The van der Waals surface area contributed by atoms with E-state index in [-0.39, 0.29) is 25.6 Å². The first-order valence-electron chi connectivity index (χ1n) is 11.7. The maximum absolute atomic E-state index is 13.5. The number of rotatable bonds is 5. The van der Waals surface area contributed by atoms with E-state index in [4.69, 9.17) is 9.47 Å². The smallest absolute Gasteiger partial charge is 0.408 e. The molecule has 3 aliphatic rings. The molecule has 2 aromatic rings. The van der Waals surface area contributed by atoms with Gasteiger partial charge in [-0.1, -0.05) is 48.5 Å². The molecular weight excluding hydrogens is 436 g/mol. The van der Waals surface area contributed by atoms with Crippen LogP contribution in [0.5, 0.6) is 0 Å². The highest BCUT2D eigenvalue weighted by Crippen LogP contribution is 2.44. The molecule has 8 nitrogen and oxygen atoms in total. The lowest BCUT2D eigenvalue weighted by molar-refractivity contribution is -0.155. The molecular formula is C26H28N2O6. The predicted molar refractivity (Wildman–Crippen MR) is 123 cm³/mol. The van der Waals surface area contributed by atoms with Crippen molar-refractivity contribution in [3.8, 4) is 11.1 Å². The fourth-order valence-electron chi connectivity index (χ4n) is 5.42. The molecule has 178 valence electrons. The summed E-state index contributed by atoms with van der Waals surface area (Å²) >= 11 is 0. The number of carbonyl (C=O) groups is 3. The zero-order valence-electron chi connectivity index (χ0n) is 18.9. The van der Waals surface area contributed by atoms with E-state index in [1.165, 1.54) is 4.90 Å². The van der Waals surface area contributed by atoms with Crippen molar-refractivity contribution in [2.24, 2.45) is 0 Å². The maximum atomic E-state index is 13.5. The summed E-state index contributed by atoms with van der Waals surface area (Å²) in [6.45, 7) is 0.788. The van der Waals surface area contributed by atoms with Crippen LogP contribution in [0, 0.1) is 0 Å². The van der Waals surface area contributed by atoms with E-state index in [1.54, 1.807) is 0 Å². The molecule has 8 heteroatoms. The van der Waals surface area contributed by atoms with Crippen LogP contribution in [0.2, 0.25) is 0 Å². The van der Waals surface area contributed by atoms with E-state index in [2.05, 4.69) is 17.4 Å². The fraction of sp³-hybridized carbons (Fsp3) is 0.423. The summed E-state index contributed by atoms with van der Waals surface area (Å²) < 4.78 is 11.1. The van der Waals surface area contributed by atoms with Gasteiger partial charge in [0.15, 0.2) is 0 Å². The first-order chi connectivity index (χ1) is 16.5. The average Bonchev–Trinajstić information content (AvgIpc) is 3.46. The van der Waals surface area contributed by atoms with Gasteiger partial charge in [0.25, 0.3) is 5.91 Å². The predicted octanol–water partition coefficient (Wildman–Crippen LogP) is 3.15. The summed E-state index contributed by atoms with van der Waals surface area (Å²) in [6, 6.07) is 15.3. The number of ether oxygens (including phenoxy) is 2. The van der Waals surface area contributed by atoms with E-state index in [1.807, 2.05) is 36.4 Å². The normalized spacial score (nSPS) is 23.8. The first-order valence-corrected chi connectivity index (χ1v) is 11.7. The second-order valence-electron chi connectivity index (χ2n) is 9.18. The molecule has 0 spiro atoms. The minimum absolute atomic E-state index is 0.00112. The molecule has 2 fully saturated rings. The number of hydrogen-bond donors (Lipinski definition) is 2. The van der Waals surface area contributed by atoms with Crippen LogP contribution in [0.1, 0.15) is 42.7 Å². The van der Waals surface area contributed by atoms with Crippen molar-refractivity contribution in [1.82, 2.24) is 10.2 Å². The SMILES string of the molecule is O=C(NC1(C(=O)N2CCCC[C@@H]2C(=O)O)CCOC1)OCC1c2ccccc2-c2ccccc21. The molecule has 1 aliphatic carbocycles. The number of nitrogens with zero attached hydrogens (tertiary/aromatic N) is 1. The molecule has 2 heterocycles. The van der Waals surface area contributed by atoms with Crippen LogP contribution in [0.25, 0.3) is 11.1 Å². The summed E-state index contributed by atoms with van der Waals surface area (Å²) in [5.74, 6) is -1.53. The van der Waals surface area contributed by atoms with Gasteiger partial charge in [-0.15, -0.1) is 0 Å². The second-order valence-corrected chi connectivity index (χ2v) is 9.18. The molecule has 5 rings (SSSR count). The quantitative estimate of drug-likeness (QED) is 0.704. The number of aliphatic carboxylic acids is 1. The third-order valence-corrected chi connectivity index (χ3v) is 7.16. The molecule has 0 saturated carbocycles. The minimum atomic E-state index is -1.31. The van der Waals surface area contributed by atoms with Crippen molar-refractivity contribution in [2.75, 3.05) is 26.4 Å². The van der Waals surface area contributed by atoms with Gasteiger partial charge in [-0.3, -0.25) is 4.79 Å². The Labute approximate surface area is 197 Å². The number of alkyl carbamates (subject to hydrolysis) is 1. The number of nitrogens with one attached hydrogen (secondary N) is 1. The number of carboxylic acids is 1. The van der Waals surface area contributed by atoms with Crippen LogP contribution in [0.15, 0.2) is 48.5 Å². The lowest BCUT2D eigenvalue weighted by Gasteiger charge is -2.39. The number of benzene rings is 2. The minimum Gasteiger partial charge on any atom is -0.480 e. The number of piperidine rings is 1. The molecule has 0 radical (unpaired) electrons. The molecule has 34 heavy (non-hydrogen) atoms. The van der Waals surface area contributed by atoms with Crippen molar-refractivity contribution < 1.29 is 29.0 Å². The van der Waals surface area contributed by atoms with Gasteiger partial charge < -0.3 is 24.8 Å². The monoisotopic (exact) mass is 464 g/mol. The standard InChI is InChI=1S/C26H28N2O6/c29-23(30)22-11-5-6-13-28(22)24(31)26(12-14-33-16-26)27-25(32)34-15-21-19-9-3-1-7-17(19)18-8-2-4-10-20(18)21/h1-4,7-10,21-22H,5-6,11-16H2,(H,27,32)(H,29,30)/t22-,26?/m1/s1. The van der Waals surface area contributed by atoms with Gasteiger partial charge in [0.1, 0.15) is 18.2 Å². The summed E-state index contributed by atoms with van der Waals surface area (Å²) in [4.78, 5) is 39.5. The molecule has 2 aromatic carbocycles. The number of carbonyl (C=O) groups excluding carboxylic acids is 2. The summed E-state index contributed by atoms with van der Waals surface area (Å²) in [5, 5.41) is 12.3.